The van der Waals surface area contributed by atoms with Gasteiger partial charge < -0.3 is 14.6 Å². The van der Waals surface area contributed by atoms with Crippen LogP contribution < -0.4 is 0 Å². The molecule has 6 nitrogen and oxygen atoms in total. The average molecular weight is 300 g/mol. The van der Waals surface area contributed by atoms with E-state index in [0.29, 0.717) is 10.9 Å². The molecule has 0 saturated heterocycles. The fourth-order valence-corrected chi connectivity index (χ4v) is 2.37. The minimum Gasteiger partial charge on any atom is -0.410 e. The first kappa shape index (κ1) is 17.0. The zero-order valence-corrected chi connectivity index (χ0v) is 13.7. The molecular formula is C13H24N4O2S. The number of aromatic nitrogens is 2. The van der Waals surface area contributed by atoms with E-state index in [2.05, 4.69) is 34.0 Å². The van der Waals surface area contributed by atoms with E-state index in [0.717, 1.165) is 25.4 Å². The maximum Gasteiger partial charge on any atom is 0.286 e. The maximum atomic E-state index is 9.10. The van der Waals surface area contributed by atoms with Gasteiger partial charge in [0, 0.05) is 17.7 Å². The van der Waals surface area contributed by atoms with E-state index < -0.39 is 0 Å². The highest BCUT2D eigenvalue weighted by atomic mass is 32.2. The van der Waals surface area contributed by atoms with Crippen molar-refractivity contribution in [1.29, 1.82) is 0 Å². The maximum absolute atomic E-state index is 9.10. The molecule has 0 unspecified atom stereocenters. The molecule has 0 spiro atoms. The number of oxime groups is 1. The largest absolute Gasteiger partial charge is 0.410 e. The number of rotatable bonds is 6. The second-order valence-electron chi connectivity index (χ2n) is 5.45. The topological polar surface area (TPSA) is 74.8 Å². The van der Waals surface area contributed by atoms with Gasteiger partial charge in [0.15, 0.2) is 5.82 Å². The van der Waals surface area contributed by atoms with E-state index >= 15 is 0 Å². The highest BCUT2D eigenvalue weighted by Crippen LogP contribution is 2.20. The molecule has 0 aliphatic heterocycles. The predicted octanol–water partition coefficient (Wildman–Crippen LogP) is 2.58. The zero-order chi connectivity index (χ0) is 15.2. The van der Waals surface area contributed by atoms with E-state index in [4.69, 9.17) is 9.73 Å². The Bertz CT molecular complexity index is 436. The fraction of sp³-hybridized carbons (Fsp3) is 0.769. The standard InChI is InChI=1S/C13H24N4O2S/c1-6-17(7-2)8-9-20-11(15-18)10-14-12(16-19-10)13(3,4)5/h18H,6-9H2,1-5H3/b15-11-. The molecule has 0 atom stereocenters. The molecule has 1 heterocycles. The van der Waals surface area contributed by atoms with Crippen molar-refractivity contribution in [3.63, 3.8) is 0 Å². The number of nitrogens with zero attached hydrogens (tertiary/aromatic N) is 4. The lowest BCUT2D eigenvalue weighted by atomic mass is 9.96. The number of thioether (sulfide) groups is 1. The predicted molar refractivity (Wildman–Crippen MR) is 81.6 cm³/mol. The van der Waals surface area contributed by atoms with Crippen molar-refractivity contribution in [2.75, 3.05) is 25.4 Å². The Morgan fingerprint density at radius 3 is 2.45 bits per heavy atom. The van der Waals surface area contributed by atoms with E-state index in [1.807, 2.05) is 20.8 Å². The first-order valence-corrected chi connectivity index (χ1v) is 7.82. The molecule has 0 fully saturated rings. The molecule has 114 valence electrons. The molecule has 1 rings (SSSR count). The van der Waals surface area contributed by atoms with Crippen molar-refractivity contribution in [3.8, 4) is 0 Å². The highest BCUT2D eigenvalue weighted by molar-refractivity contribution is 8.14. The third kappa shape index (κ3) is 4.79. The molecule has 7 heteroatoms. The van der Waals surface area contributed by atoms with Crippen LogP contribution in [0.4, 0.5) is 0 Å². The molecular weight excluding hydrogens is 276 g/mol. The summed E-state index contributed by atoms with van der Waals surface area (Å²) in [5.74, 6) is 1.70. The van der Waals surface area contributed by atoms with Gasteiger partial charge in [-0.3, -0.25) is 0 Å². The normalized spacial score (nSPS) is 13.2. The summed E-state index contributed by atoms with van der Waals surface area (Å²) in [4.78, 5) is 6.59. The Labute approximate surface area is 124 Å². The first-order chi connectivity index (χ1) is 9.42. The molecule has 0 aliphatic carbocycles. The van der Waals surface area contributed by atoms with Crippen molar-refractivity contribution >= 4 is 16.8 Å². The Hall–Kier alpha value is -1.08. The Balaban J connectivity index is 2.61. The van der Waals surface area contributed by atoms with Crippen molar-refractivity contribution in [1.82, 2.24) is 15.0 Å². The number of hydrogen-bond acceptors (Lipinski definition) is 7. The lowest BCUT2D eigenvalue weighted by Crippen LogP contribution is -2.25. The molecule has 0 saturated carbocycles. The van der Waals surface area contributed by atoms with Crippen molar-refractivity contribution in [2.45, 2.75) is 40.0 Å². The summed E-state index contributed by atoms with van der Waals surface area (Å²) in [6, 6.07) is 0. The molecule has 20 heavy (non-hydrogen) atoms. The minimum atomic E-state index is -0.186. The molecule has 1 N–H and O–H groups in total. The van der Waals surface area contributed by atoms with Crippen LogP contribution in [0.2, 0.25) is 0 Å². The molecule has 0 aromatic carbocycles. The monoisotopic (exact) mass is 300 g/mol. The summed E-state index contributed by atoms with van der Waals surface area (Å²) in [7, 11) is 0. The highest BCUT2D eigenvalue weighted by Gasteiger charge is 2.23. The van der Waals surface area contributed by atoms with E-state index in [1.165, 1.54) is 11.8 Å². The lowest BCUT2D eigenvalue weighted by molar-refractivity contribution is 0.317. The van der Waals surface area contributed by atoms with Crippen LogP contribution in [0.25, 0.3) is 0 Å². The summed E-state index contributed by atoms with van der Waals surface area (Å²) in [6.45, 7) is 13.2. The minimum absolute atomic E-state index is 0.186. The second kappa shape index (κ2) is 7.64. The van der Waals surface area contributed by atoms with Gasteiger partial charge in [-0.25, -0.2) is 0 Å². The van der Waals surface area contributed by atoms with E-state index in [9.17, 15) is 0 Å². The SMILES string of the molecule is CCN(CC)CCS/C(=N\O)c1nc(C(C)(C)C)no1. The Morgan fingerprint density at radius 2 is 2.00 bits per heavy atom. The van der Waals surface area contributed by atoms with Gasteiger partial charge in [0.05, 0.1) is 0 Å². The smallest absolute Gasteiger partial charge is 0.286 e. The number of hydrogen-bond donors (Lipinski definition) is 1. The van der Waals surface area contributed by atoms with Gasteiger partial charge in [-0.05, 0) is 13.1 Å². The Kier molecular flexibility index (Phi) is 6.48. The molecule has 1 aromatic heterocycles. The van der Waals surface area contributed by atoms with Crippen LogP contribution >= 0.6 is 11.8 Å². The molecule has 0 aliphatic rings. The summed E-state index contributed by atoms with van der Waals surface area (Å²) in [5, 5.41) is 16.7. The van der Waals surface area contributed by atoms with Crippen LogP contribution in [0.1, 0.15) is 46.3 Å². The van der Waals surface area contributed by atoms with Gasteiger partial charge in [-0.2, -0.15) is 4.98 Å². The van der Waals surface area contributed by atoms with E-state index in [1.54, 1.807) is 0 Å². The van der Waals surface area contributed by atoms with Gasteiger partial charge >= 0.3 is 0 Å². The third-order valence-electron chi connectivity index (χ3n) is 2.91. The summed E-state index contributed by atoms with van der Waals surface area (Å²) in [5.41, 5.74) is -0.186. The van der Waals surface area contributed by atoms with Crippen molar-refractivity contribution in [2.24, 2.45) is 5.16 Å². The van der Waals surface area contributed by atoms with Crippen LogP contribution in [0.3, 0.4) is 0 Å². The van der Waals surface area contributed by atoms with Crippen LogP contribution in [0.15, 0.2) is 9.68 Å². The van der Waals surface area contributed by atoms with Crippen LogP contribution in [-0.2, 0) is 5.41 Å². The lowest BCUT2D eigenvalue weighted by Gasteiger charge is -2.16. The van der Waals surface area contributed by atoms with E-state index in [-0.39, 0.29) is 11.3 Å². The first-order valence-electron chi connectivity index (χ1n) is 6.84. The molecule has 0 amide bonds. The third-order valence-corrected chi connectivity index (χ3v) is 3.83. The van der Waals surface area contributed by atoms with Crippen LogP contribution in [-0.4, -0.2) is 50.7 Å². The average Bonchev–Trinajstić information content (AvgIpc) is 2.88. The molecule has 1 aromatic rings. The van der Waals surface area contributed by atoms with Gasteiger partial charge in [0.1, 0.15) is 0 Å². The summed E-state index contributed by atoms with van der Waals surface area (Å²) >= 11 is 1.42. The quantitative estimate of drug-likeness (QED) is 0.377. The fourth-order valence-electron chi connectivity index (χ4n) is 1.56. The Morgan fingerprint density at radius 1 is 1.35 bits per heavy atom. The van der Waals surface area contributed by atoms with Gasteiger partial charge in [0.25, 0.3) is 5.89 Å². The zero-order valence-electron chi connectivity index (χ0n) is 12.9. The molecule has 0 bridgehead atoms. The van der Waals surface area contributed by atoms with Gasteiger partial charge in [-0.15, -0.1) is 0 Å². The summed E-state index contributed by atoms with van der Waals surface area (Å²) < 4.78 is 5.17. The van der Waals surface area contributed by atoms with Gasteiger partial charge in [-0.1, -0.05) is 56.7 Å². The molecule has 0 radical (unpaired) electrons. The summed E-state index contributed by atoms with van der Waals surface area (Å²) in [6.07, 6.45) is 0. The van der Waals surface area contributed by atoms with Gasteiger partial charge in [0.2, 0.25) is 5.04 Å². The second-order valence-corrected chi connectivity index (χ2v) is 6.54. The van der Waals surface area contributed by atoms with Crippen molar-refractivity contribution < 1.29 is 9.73 Å². The van der Waals surface area contributed by atoms with Crippen LogP contribution in [0, 0.1) is 0 Å². The van der Waals surface area contributed by atoms with Crippen LogP contribution in [0.5, 0.6) is 0 Å². The van der Waals surface area contributed by atoms with Crippen molar-refractivity contribution in [3.05, 3.63) is 11.7 Å².